The van der Waals surface area contributed by atoms with Crippen molar-refractivity contribution in [3.8, 4) is 11.3 Å². The number of fused-ring (bicyclic) bond motifs is 1. The van der Waals surface area contributed by atoms with Gasteiger partial charge in [-0.3, -0.25) is 19.3 Å². The molecule has 1 aliphatic carbocycles. The van der Waals surface area contributed by atoms with Crippen molar-refractivity contribution in [1.82, 2.24) is 9.88 Å². The Morgan fingerprint density at radius 1 is 1.15 bits per heavy atom. The highest BCUT2D eigenvalue weighted by Crippen LogP contribution is 2.35. The average molecular weight is 381 g/mol. The maximum Gasteiger partial charge on any atom is 0.246 e. The molecule has 2 aromatic rings. The van der Waals surface area contributed by atoms with Gasteiger partial charge < -0.3 is 5.32 Å². The van der Waals surface area contributed by atoms with E-state index in [9.17, 15) is 14.4 Å². The first-order chi connectivity index (χ1) is 13.0. The molecule has 2 atom stereocenters. The Balaban J connectivity index is 1.41. The number of allylic oxidation sites excluding steroid dienone is 2. The van der Waals surface area contributed by atoms with Gasteiger partial charge in [0, 0.05) is 10.9 Å². The fourth-order valence-electron chi connectivity index (χ4n) is 3.52. The third kappa shape index (κ3) is 3.42. The predicted octanol–water partition coefficient (Wildman–Crippen LogP) is 3.01. The van der Waals surface area contributed by atoms with Gasteiger partial charge in [0.15, 0.2) is 5.13 Å². The lowest BCUT2D eigenvalue weighted by atomic mass is 9.85. The largest absolute Gasteiger partial charge is 0.300 e. The molecule has 0 radical (unpaired) electrons. The summed E-state index contributed by atoms with van der Waals surface area (Å²) in [5.74, 6) is -1.53. The van der Waals surface area contributed by atoms with Crippen molar-refractivity contribution < 1.29 is 14.4 Å². The normalized spacial score (nSPS) is 21.4. The second-order valence-corrected chi connectivity index (χ2v) is 7.73. The van der Waals surface area contributed by atoms with E-state index in [0.717, 1.165) is 16.2 Å². The number of benzene rings is 1. The smallest absolute Gasteiger partial charge is 0.246 e. The number of nitrogens with one attached hydrogen (secondary N) is 1. The summed E-state index contributed by atoms with van der Waals surface area (Å²) in [6.45, 7) is 1.76. The first-order valence-electron chi connectivity index (χ1n) is 8.85. The Hall–Kier alpha value is -2.80. The number of rotatable bonds is 4. The van der Waals surface area contributed by atoms with Gasteiger partial charge in [0.2, 0.25) is 17.7 Å². The van der Waals surface area contributed by atoms with Crippen molar-refractivity contribution in [2.45, 2.75) is 19.8 Å². The van der Waals surface area contributed by atoms with Crippen molar-refractivity contribution in [1.29, 1.82) is 0 Å². The molecule has 6 nitrogen and oxygen atoms in total. The molecule has 27 heavy (non-hydrogen) atoms. The molecular formula is C20H19N3O3S. The summed E-state index contributed by atoms with van der Waals surface area (Å²) in [7, 11) is 0. The minimum Gasteiger partial charge on any atom is -0.300 e. The van der Waals surface area contributed by atoms with E-state index in [2.05, 4.69) is 10.3 Å². The van der Waals surface area contributed by atoms with Crippen molar-refractivity contribution in [3.63, 3.8) is 0 Å². The number of imide groups is 1. The Morgan fingerprint density at radius 3 is 2.41 bits per heavy atom. The highest BCUT2D eigenvalue weighted by Gasteiger charge is 2.47. The van der Waals surface area contributed by atoms with E-state index in [-0.39, 0.29) is 30.2 Å². The van der Waals surface area contributed by atoms with E-state index in [1.54, 1.807) is 0 Å². The van der Waals surface area contributed by atoms with Gasteiger partial charge >= 0.3 is 0 Å². The van der Waals surface area contributed by atoms with Crippen LogP contribution in [0.25, 0.3) is 11.3 Å². The van der Waals surface area contributed by atoms with Crippen molar-refractivity contribution in [3.05, 3.63) is 47.4 Å². The van der Waals surface area contributed by atoms with Crippen LogP contribution in [0, 0.1) is 18.8 Å². The number of thiazole rings is 1. The zero-order valence-electron chi connectivity index (χ0n) is 14.8. The van der Waals surface area contributed by atoms with E-state index in [4.69, 9.17) is 0 Å². The lowest BCUT2D eigenvalue weighted by Crippen LogP contribution is -2.38. The Morgan fingerprint density at radius 2 is 1.78 bits per heavy atom. The summed E-state index contributed by atoms with van der Waals surface area (Å²) in [4.78, 5) is 42.7. The Kier molecular flexibility index (Phi) is 4.61. The quantitative estimate of drug-likeness (QED) is 0.652. The summed E-state index contributed by atoms with van der Waals surface area (Å²) in [6, 6.07) is 7.97. The van der Waals surface area contributed by atoms with E-state index in [1.807, 2.05) is 48.7 Å². The van der Waals surface area contributed by atoms with Crippen LogP contribution in [0.5, 0.6) is 0 Å². The molecule has 7 heteroatoms. The van der Waals surface area contributed by atoms with E-state index in [0.29, 0.717) is 18.0 Å². The topological polar surface area (TPSA) is 79.4 Å². The van der Waals surface area contributed by atoms with Gasteiger partial charge in [-0.25, -0.2) is 4.98 Å². The molecule has 2 aliphatic rings. The third-order valence-electron chi connectivity index (χ3n) is 5.00. The second-order valence-electron chi connectivity index (χ2n) is 6.87. The average Bonchev–Trinajstić information content (AvgIpc) is 3.22. The number of amides is 3. The molecule has 1 aliphatic heterocycles. The summed E-state index contributed by atoms with van der Waals surface area (Å²) in [5, 5.41) is 5.02. The number of hydrogen-bond donors (Lipinski definition) is 1. The van der Waals surface area contributed by atoms with Crippen molar-refractivity contribution in [2.24, 2.45) is 11.8 Å². The molecule has 1 fully saturated rings. The molecule has 1 aromatic heterocycles. The number of likely N-dealkylation sites (tertiary alicyclic amines) is 1. The first kappa shape index (κ1) is 17.6. The number of aryl methyl sites for hydroxylation is 1. The number of aromatic nitrogens is 1. The van der Waals surface area contributed by atoms with Gasteiger partial charge in [-0.05, 0) is 19.8 Å². The Labute approximate surface area is 160 Å². The van der Waals surface area contributed by atoms with Crippen LogP contribution in [0.2, 0.25) is 0 Å². The molecule has 2 heterocycles. The SMILES string of the molecule is Cc1ccc(-c2csc(NC(=O)CN3C(=O)C4CC=CCC4C3=O)n2)cc1. The second kappa shape index (κ2) is 7.08. The summed E-state index contributed by atoms with van der Waals surface area (Å²) >= 11 is 1.32. The predicted molar refractivity (Wildman–Crippen MR) is 103 cm³/mol. The molecule has 0 bridgehead atoms. The van der Waals surface area contributed by atoms with Crippen LogP contribution in [-0.4, -0.2) is 34.2 Å². The summed E-state index contributed by atoms with van der Waals surface area (Å²) in [5.41, 5.74) is 2.91. The lowest BCUT2D eigenvalue weighted by Gasteiger charge is -2.14. The number of nitrogens with zero attached hydrogens (tertiary/aromatic N) is 2. The number of hydrogen-bond acceptors (Lipinski definition) is 5. The van der Waals surface area contributed by atoms with Crippen LogP contribution in [0.15, 0.2) is 41.8 Å². The van der Waals surface area contributed by atoms with Crippen LogP contribution in [0.4, 0.5) is 5.13 Å². The highest BCUT2D eigenvalue weighted by molar-refractivity contribution is 7.14. The number of anilines is 1. The molecule has 0 spiro atoms. The van der Waals surface area contributed by atoms with Gasteiger partial charge in [0.25, 0.3) is 0 Å². The van der Waals surface area contributed by atoms with Gasteiger partial charge in [-0.15, -0.1) is 11.3 Å². The van der Waals surface area contributed by atoms with Crippen LogP contribution < -0.4 is 5.32 Å². The van der Waals surface area contributed by atoms with Crippen molar-refractivity contribution >= 4 is 34.2 Å². The minimum atomic E-state index is -0.409. The molecule has 3 amide bonds. The molecule has 4 rings (SSSR count). The van der Waals surface area contributed by atoms with Crippen LogP contribution in [0.1, 0.15) is 18.4 Å². The summed E-state index contributed by atoms with van der Waals surface area (Å²) in [6.07, 6.45) is 5.00. The molecule has 138 valence electrons. The third-order valence-corrected chi connectivity index (χ3v) is 5.76. The zero-order valence-corrected chi connectivity index (χ0v) is 15.7. The zero-order chi connectivity index (χ0) is 19.0. The molecular weight excluding hydrogens is 362 g/mol. The molecule has 1 saturated heterocycles. The van der Waals surface area contributed by atoms with Gasteiger partial charge in [0.05, 0.1) is 17.5 Å². The minimum absolute atomic E-state index is 0.246. The van der Waals surface area contributed by atoms with Crippen LogP contribution in [0.3, 0.4) is 0 Å². The highest BCUT2D eigenvalue weighted by atomic mass is 32.1. The van der Waals surface area contributed by atoms with Crippen LogP contribution >= 0.6 is 11.3 Å². The number of carbonyl (C=O) groups is 3. The fraction of sp³-hybridized carbons (Fsp3) is 0.300. The van der Waals surface area contributed by atoms with Crippen LogP contribution in [-0.2, 0) is 14.4 Å². The fourth-order valence-corrected chi connectivity index (χ4v) is 4.25. The maximum absolute atomic E-state index is 12.4. The molecule has 0 saturated carbocycles. The summed E-state index contributed by atoms with van der Waals surface area (Å²) < 4.78 is 0. The molecule has 1 N–H and O–H groups in total. The Bertz CT molecular complexity index is 906. The van der Waals surface area contributed by atoms with Gasteiger partial charge in [-0.2, -0.15) is 0 Å². The van der Waals surface area contributed by atoms with E-state index >= 15 is 0 Å². The number of carbonyl (C=O) groups excluding carboxylic acids is 3. The van der Waals surface area contributed by atoms with E-state index < -0.39 is 5.91 Å². The maximum atomic E-state index is 12.4. The standard InChI is InChI=1S/C20H19N3O3S/c1-12-6-8-13(9-7-12)16-11-27-20(21-16)22-17(24)10-23-18(25)14-4-2-3-5-15(14)19(23)26/h2-3,6-9,11,14-15H,4-5,10H2,1H3,(H,21,22,24). The van der Waals surface area contributed by atoms with Crippen molar-refractivity contribution in [2.75, 3.05) is 11.9 Å². The van der Waals surface area contributed by atoms with Gasteiger partial charge in [-0.1, -0.05) is 42.0 Å². The first-order valence-corrected chi connectivity index (χ1v) is 9.73. The molecule has 1 aromatic carbocycles. The van der Waals surface area contributed by atoms with E-state index in [1.165, 1.54) is 16.9 Å². The van der Waals surface area contributed by atoms with Gasteiger partial charge in [0.1, 0.15) is 6.54 Å². The molecule has 2 unspecified atom stereocenters. The monoisotopic (exact) mass is 381 g/mol. The lowest BCUT2D eigenvalue weighted by molar-refractivity contribution is -0.142.